The zero-order chi connectivity index (χ0) is 13.8. The number of thioether (sulfide) groups is 1. The van der Waals surface area contributed by atoms with Crippen molar-refractivity contribution in [2.24, 2.45) is 0 Å². The summed E-state index contributed by atoms with van der Waals surface area (Å²) in [7, 11) is 0. The average molecular weight is 316 g/mol. The molecule has 20 heavy (non-hydrogen) atoms. The fourth-order valence-electron chi connectivity index (χ4n) is 1.77. The Balaban J connectivity index is 1.78. The van der Waals surface area contributed by atoms with Crippen molar-refractivity contribution in [1.82, 2.24) is 9.78 Å². The van der Waals surface area contributed by atoms with Gasteiger partial charge in [0.1, 0.15) is 0 Å². The van der Waals surface area contributed by atoms with E-state index in [-0.39, 0.29) is 0 Å². The maximum atomic E-state index is 5.39. The maximum absolute atomic E-state index is 5.39. The molecule has 0 unspecified atom stereocenters. The highest BCUT2D eigenvalue weighted by Gasteiger charge is 2.06. The Kier molecular flexibility index (Phi) is 4.30. The summed E-state index contributed by atoms with van der Waals surface area (Å²) in [6.07, 6.45) is 0. The molecule has 0 radical (unpaired) electrons. The predicted octanol–water partition coefficient (Wildman–Crippen LogP) is 4.96. The van der Waals surface area contributed by atoms with Gasteiger partial charge < -0.3 is 0 Å². The molecule has 0 fully saturated rings. The Morgan fingerprint density at radius 3 is 2.35 bits per heavy atom. The van der Waals surface area contributed by atoms with Crippen LogP contribution in [0.3, 0.4) is 0 Å². The van der Waals surface area contributed by atoms with Crippen molar-refractivity contribution in [3.05, 3.63) is 70.2 Å². The minimum Gasteiger partial charge on any atom is -0.211 e. The lowest BCUT2D eigenvalue weighted by Crippen LogP contribution is -1.95. The lowest BCUT2D eigenvalue weighted by Gasteiger charge is -1.99. The van der Waals surface area contributed by atoms with E-state index in [1.807, 2.05) is 41.1 Å². The summed E-state index contributed by atoms with van der Waals surface area (Å²) in [4.78, 5) is 0. The van der Waals surface area contributed by atoms with Crippen LogP contribution in [0.2, 0.25) is 0 Å². The summed E-state index contributed by atoms with van der Waals surface area (Å²) in [5.74, 6) is 0.915. The molecule has 0 aliphatic carbocycles. The molecule has 0 aliphatic rings. The summed E-state index contributed by atoms with van der Waals surface area (Å²) < 4.78 is 3.61. The van der Waals surface area contributed by atoms with Crippen LogP contribution in [0.5, 0.6) is 0 Å². The van der Waals surface area contributed by atoms with Crippen molar-refractivity contribution in [1.29, 1.82) is 0 Å². The Hall–Kier alpha value is -1.43. The molecule has 1 aromatic heterocycles. The molecule has 1 heterocycles. The van der Waals surface area contributed by atoms with Gasteiger partial charge in [-0.3, -0.25) is 0 Å². The molecule has 2 aromatic carbocycles. The van der Waals surface area contributed by atoms with Crippen molar-refractivity contribution < 1.29 is 0 Å². The topological polar surface area (TPSA) is 17.8 Å². The molecule has 0 amide bonds. The van der Waals surface area contributed by atoms with Crippen LogP contribution in [0, 0.1) is 3.95 Å². The Bertz CT molecular complexity index is 733. The van der Waals surface area contributed by atoms with Crippen molar-refractivity contribution >= 4 is 35.3 Å². The van der Waals surface area contributed by atoms with Crippen molar-refractivity contribution in [3.8, 4) is 5.69 Å². The van der Waals surface area contributed by atoms with Crippen LogP contribution in [-0.4, -0.2) is 9.78 Å². The minimum atomic E-state index is 0.784. The highest BCUT2D eigenvalue weighted by atomic mass is 32.2. The first kappa shape index (κ1) is 13.5. The number of para-hydroxylation sites is 1. The molecule has 0 saturated heterocycles. The van der Waals surface area contributed by atoms with E-state index < -0.39 is 0 Å². The summed E-state index contributed by atoms with van der Waals surface area (Å²) in [5, 5.41) is 4.59. The van der Waals surface area contributed by atoms with Crippen molar-refractivity contribution in [2.45, 2.75) is 10.1 Å². The van der Waals surface area contributed by atoms with Crippen LogP contribution in [-0.2, 0) is 5.75 Å². The van der Waals surface area contributed by atoms with E-state index in [4.69, 9.17) is 12.2 Å². The van der Waals surface area contributed by atoms with Crippen molar-refractivity contribution in [3.63, 3.8) is 0 Å². The van der Waals surface area contributed by atoms with Gasteiger partial charge in [0.25, 0.3) is 0 Å². The Morgan fingerprint density at radius 2 is 1.65 bits per heavy atom. The molecular weight excluding hydrogens is 304 g/mol. The maximum Gasteiger partial charge on any atom is 0.184 e. The van der Waals surface area contributed by atoms with Gasteiger partial charge in [-0.1, -0.05) is 71.6 Å². The second kappa shape index (κ2) is 6.35. The zero-order valence-electron chi connectivity index (χ0n) is 10.6. The van der Waals surface area contributed by atoms with Crippen LogP contribution in [0.1, 0.15) is 5.56 Å². The van der Waals surface area contributed by atoms with Gasteiger partial charge in [0, 0.05) is 5.75 Å². The first-order chi connectivity index (χ1) is 9.83. The molecule has 100 valence electrons. The largest absolute Gasteiger partial charge is 0.211 e. The fourth-order valence-corrected chi connectivity index (χ4v) is 4.09. The van der Waals surface area contributed by atoms with Gasteiger partial charge in [-0.2, -0.15) is 0 Å². The summed E-state index contributed by atoms with van der Waals surface area (Å²) in [5.41, 5.74) is 2.31. The summed E-state index contributed by atoms with van der Waals surface area (Å²) >= 11 is 8.67. The Morgan fingerprint density at radius 1 is 1.00 bits per heavy atom. The first-order valence-electron chi connectivity index (χ1n) is 6.15. The molecule has 0 aliphatic heterocycles. The molecule has 0 bridgehead atoms. The van der Waals surface area contributed by atoms with E-state index in [1.54, 1.807) is 23.1 Å². The van der Waals surface area contributed by atoms with Gasteiger partial charge in [0.05, 0.1) is 5.69 Å². The lowest BCUT2D eigenvalue weighted by atomic mass is 10.2. The predicted molar refractivity (Wildman–Crippen MR) is 88.3 cm³/mol. The molecule has 3 aromatic rings. The van der Waals surface area contributed by atoms with E-state index >= 15 is 0 Å². The zero-order valence-corrected chi connectivity index (χ0v) is 13.0. The first-order valence-corrected chi connectivity index (χ1v) is 8.36. The lowest BCUT2D eigenvalue weighted by molar-refractivity contribution is 0.829. The highest BCUT2D eigenvalue weighted by Crippen LogP contribution is 2.26. The van der Waals surface area contributed by atoms with Crippen LogP contribution in [0.4, 0.5) is 0 Å². The molecular formula is C15H12N2S3. The smallest absolute Gasteiger partial charge is 0.184 e. The van der Waals surface area contributed by atoms with E-state index in [1.165, 1.54) is 5.56 Å². The van der Waals surface area contributed by atoms with Crippen LogP contribution < -0.4 is 0 Å². The van der Waals surface area contributed by atoms with E-state index in [0.29, 0.717) is 0 Å². The molecule has 0 atom stereocenters. The van der Waals surface area contributed by atoms with Crippen LogP contribution >= 0.6 is 35.3 Å². The molecule has 5 heteroatoms. The monoisotopic (exact) mass is 316 g/mol. The van der Waals surface area contributed by atoms with E-state index in [0.717, 1.165) is 19.7 Å². The van der Waals surface area contributed by atoms with Gasteiger partial charge in [-0.25, -0.2) is 4.68 Å². The normalized spacial score (nSPS) is 10.6. The standard InChI is InChI=1S/C15H12N2S3/c18-15-17(13-9-5-2-6-10-13)16-14(20-15)19-11-12-7-3-1-4-8-12/h1-10H,11H2. The van der Waals surface area contributed by atoms with Crippen molar-refractivity contribution in [2.75, 3.05) is 0 Å². The fraction of sp³-hybridized carbons (Fsp3) is 0.0667. The van der Waals surface area contributed by atoms with Gasteiger partial charge in [0.2, 0.25) is 0 Å². The molecule has 0 N–H and O–H groups in total. The average Bonchev–Trinajstić information content (AvgIpc) is 2.88. The second-order valence-electron chi connectivity index (χ2n) is 4.16. The summed E-state index contributed by atoms with van der Waals surface area (Å²) in [6.45, 7) is 0. The van der Waals surface area contributed by atoms with Crippen LogP contribution in [0.15, 0.2) is 65.0 Å². The highest BCUT2D eigenvalue weighted by molar-refractivity contribution is 8.00. The third kappa shape index (κ3) is 3.17. The van der Waals surface area contributed by atoms with E-state index in [2.05, 4.69) is 29.4 Å². The molecule has 0 spiro atoms. The summed E-state index contributed by atoms with van der Waals surface area (Å²) in [6, 6.07) is 20.4. The molecule has 3 rings (SSSR count). The third-order valence-corrected chi connectivity index (χ3v) is 5.17. The number of hydrogen-bond acceptors (Lipinski definition) is 4. The number of aromatic nitrogens is 2. The Labute approximate surface area is 131 Å². The quantitative estimate of drug-likeness (QED) is 0.501. The van der Waals surface area contributed by atoms with Crippen LogP contribution in [0.25, 0.3) is 5.69 Å². The van der Waals surface area contributed by atoms with Gasteiger partial charge in [-0.15, -0.1) is 5.10 Å². The van der Waals surface area contributed by atoms with E-state index in [9.17, 15) is 0 Å². The minimum absolute atomic E-state index is 0.784. The third-order valence-electron chi connectivity index (χ3n) is 2.74. The SMILES string of the molecule is S=c1sc(SCc2ccccc2)nn1-c1ccccc1. The second-order valence-corrected chi connectivity index (χ2v) is 7.00. The van der Waals surface area contributed by atoms with Gasteiger partial charge >= 0.3 is 0 Å². The molecule has 0 saturated carbocycles. The number of hydrogen-bond donors (Lipinski definition) is 0. The van der Waals surface area contributed by atoms with Gasteiger partial charge in [0.15, 0.2) is 8.29 Å². The number of nitrogens with zero attached hydrogens (tertiary/aromatic N) is 2. The number of benzene rings is 2. The number of rotatable bonds is 4. The molecule has 2 nitrogen and oxygen atoms in total. The van der Waals surface area contributed by atoms with Gasteiger partial charge in [-0.05, 0) is 29.9 Å².